The van der Waals surface area contributed by atoms with Gasteiger partial charge in [-0.15, -0.1) is 22.7 Å². The molecule has 2 rings (SSSR count). The van der Waals surface area contributed by atoms with Crippen LogP contribution in [0.2, 0.25) is 18.1 Å². The molecule has 0 aliphatic heterocycles. The molecule has 8 nitrogen and oxygen atoms in total. The van der Waals surface area contributed by atoms with Crippen molar-refractivity contribution in [3.8, 4) is 0 Å². The van der Waals surface area contributed by atoms with Crippen molar-refractivity contribution in [3.63, 3.8) is 0 Å². The standard InChI is InChI=1S/C35H49BrN2O6S2Si/c1-11-17-29(44-47(9,10)34(2,3)4)35(5,6)28(43-33(40)27-24-45-30(37-27)20-21-36)19-16-14-12-13-15-18-25(41-7)22-31-38-26(23-46-31)32(39)42-8/h11-18,20-21,23-25,28-29H,19,22H2,1-10H3/b13-12?,16-14?,17-11?,18-15?,21-20-. The van der Waals surface area contributed by atoms with Gasteiger partial charge in [0.1, 0.15) is 11.1 Å². The van der Waals surface area contributed by atoms with Crippen LogP contribution in [0.5, 0.6) is 0 Å². The molecule has 0 N–H and O–H groups in total. The smallest absolute Gasteiger partial charge is 0.358 e. The molecule has 258 valence electrons. The number of esters is 2. The lowest BCUT2D eigenvalue weighted by Gasteiger charge is -2.45. The second kappa shape index (κ2) is 18.9. The molecule has 0 aromatic carbocycles. The van der Waals surface area contributed by atoms with Crippen LogP contribution in [0.4, 0.5) is 0 Å². The molecule has 3 unspecified atom stereocenters. The van der Waals surface area contributed by atoms with E-state index in [4.69, 9.17) is 18.6 Å². The maximum atomic E-state index is 13.3. The van der Waals surface area contributed by atoms with Crippen LogP contribution in [-0.2, 0) is 25.1 Å². The first-order valence-electron chi connectivity index (χ1n) is 15.4. The molecular weight excluding hydrogens is 717 g/mol. The lowest BCUT2D eigenvalue weighted by atomic mass is 9.79. The summed E-state index contributed by atoms with van der Waals surface area (Å²) in [6.45, 7) is 17.3. The quantitative estimate of drug-likeness (QED) is 0.0680. The van der Waals surface area contributed by atoms with Gasteiger partial charge in [0.15, 0.2) is 19.7 Å². The van der Waals surface area contributed by atoms with Gasteiger partial charge in [0.05, 0.1) is 24.3 Å². The summed E-state index contributed by atoms with van der Waals surface area (Å²) in [5.41, 5.74) is 0.0238. The van der Waals surface area contributed by atoms with Gasteiger partial charge in [-0.2, -0.15) is 0 Å². The predicted octanol–water partition coefficient (Wildman–Crippen LogP) is 9.59. The molecule has 3 atom stereocenters. The fourth-order valence-corrected chi connectivity index (χ4v) is 7.38. The lowest BCUT2D eigenvalue weighted by Crippen LogP contribution is -2.51. The van der Waals surface area contributed by atoms with Crippen molar-refractivity contribution in [3.05, 3.63) is 85.8 Å². The molecule has 12 heteroatoms. The molecule has 0 aliphatic carbocycles. The van der Waals surface area contributed by atoms with E-state index in [-0.39, 0.29) is 22.9 Å². The van der Waals surface area contributed by atoms with Gasteiger partial charge in [0.25, 0.3) is 0 Å². The fourth-order valence-electron chi connectivity index (χ4n) is 4.10. The Bertz CT molecular complexity index is 1450. The third kappa shape index (κ3) is 12.5. The third-order valence-corrected chi connectivity index (χ3v) is 14.5. The maximum absolute atomic E-state index is 13.3. The van der Waals surface area contributed by atoms with Crippen molar-refractivity contribution in [1.29, 1.82) is 0 Å². The number of nitrogens with zero attached hydrogens (tertiary/aromatic N) is 2. The number of hydrogen-bond acceptors (Lipinski definition) is 10. The molecule has 0 saturated heterocycles. The number of aromatic nitrogens is 2. The monoisotopic (exact) mass is 764 g/mol. The van der Waals surface area contributed by atoms with Crippen LogP contribution in [0.1, 0.15) is 79.0 Å². The van der Waals surface area contributed by atoms with Gasteiger partial charge in [-0.1, -0.05) is 99.2 Å². The Balaban J connectivity index is 2.22. The first kappa shape index (κ1) is 40.7. The Kier molecular flexibility index (Phi) is 16.4. The van der Waals surface area contributed by atoms with Gasteiger partial charge in [-0.3, -0.25) is 0 Å². The highest BCUT2D eigenvalue weighted by Gasteiger charge is 2.45. The topological polar surface area (TPSA) is 96.8 Å². The van der Waals surface area contributed by atoms with E-state index < -0.39 is 31.8 Å². The van der Waals surface area contributed by atoms with Crippen LogP contribution >= 0.6 is 38.6 Å². The van der Waals surface area contributed by atoms with Gasteiger partial charge in [0.2, 0.25) is 0 Å². The first-order valence-corrected chi connectivity index (χ1v) is 21.0. The zero-order chi connectivity index (χ0) is 35.3. The van der Waals surface area contributed by atoms with Gasteiger partial charge in [-0.25, -0.2) is 19.6 Å². The van der Waals surface area contributed by atoms with E-state index in [2.05, 4.69) is 79.7 Å². The fraction of sp³-hybridized carbons (Fsp3) is 0.486. The maximum Gasteiger partial charge on any atom is 0.358 e. The normalized spacial score (nSPS) is 15.4. The summed E-state index contributed by atoms with van der Waals surface area (Å²) >= 11 is 6.04. The van der Waals surface area contributed by atoms with Crippen LogP contribution in [0.3, 0.4) is 0 Å². The van der Waals surface area contributed by atoms with E-state index in [9.17, 15) is 9.59 Å². The molecule has 47 heavy (non-hydrogen) atoms. The Morgan fingerprint density at radius 3 is 2.23 bits per heavy atom. The molecule has 0 amide bonds. The summed E-state index contributed by atoms with van der Waals surface area (Å²) in [6.07, 6.45) is 17.5. The second-order valence-electron chi connectivity index (χ2n) is 12.9. The SMILES string of the molecule is CC=CC(O[Si](C)(C)C(C)(C)C)C(C)(C)C(CC=CC=CC=CC(Cc1nc(C(=O)OC)cs1)OC)OC(=O)c1csc(/C=C\Br)n1. The van der Waals surface area contributed by atoms with Crippen LogP contribution < -0.4 is 0 Å². The van der Waals surface area contributed by atoms with Gasteiger partial charge < -0.3 is 18.6 Å². The zero-order valence-electron chi connectivity index (χ0n) is 29.1. The van der Waals surface area contributed by atoms with Gasteiger partial charge >= 0.3 is 11.9 Å². The second-order valence-corrected chi connectivity index (χ2v) is 20.1. The number of thiazole rings is 2. The molecule has 2 aromatic heterocycles. The summed E-state index contributed by atoms with van der Waals surface area (Å²) < 4.78 is 23.4. The van der Waals surface area contributed by atoms with Crippen LogP contribution in [0, 0.1) is 5.41 Å². The van der Waals surface area contributed by atoms with E-state index >= 15 is 0 Å². The molecule has 0 aliphatic rings. The zero-order valence-corrected chi connectivity index (χ0v) is 33.3. The Morgan fingerprint density at radius 2 is 1.62 bits per heavy atom. The molecule has 2 aromatic rings. The number of hydrogen-bond donors (Lipinski definition) is 0. The van der Waals surface area contributed by atoms with E-state index in [1.54, 1.807) is 28.9 Å². The van der Waals surface area contributed by atoms with Crippen molar-refractivity contribution < 1.29 is 28.2 Å². The van der Waals surface area contributed by atoms with Crippen LogP contribution in [-0.4, -0.2) is 62.8 Å². The number of allylic oxidation sites excluding steroid dienone is 5. The largest absolute Gasteiger partial charge is 0.464 e. The molecule has 0 saturated carbocycles. The molecule has 0 radical (unpaired) electrons. The van der Waals surface area contributed by atoms with Crippen LogP contribution in [0.15, 0.2) is 64.4 Å². The molecule has 0 spiro atoms. The summed E-state index contributed by atoms with van der Waals surface area (Å²) in [7, 11) is 0.821. The Morgan fingerprint density at radius 1 is 0.957 bits per heavy atom. The average molecular weight is 766 g/mol. The van der Waals surface area contributed by atoms with Crippen molar-refractivity contribution >= 4 is 64.9 Å². The Hall–Kier alpha value is -2.48. The highest BCUT2D eigenvalue weighted by atomic mass is 79.9. The Labute approximate surface area is 297 Å². The molecular formula is C35H49BrN2O6S2Si. The first-order chi connectivity index (χ1) is 22.1. The van der Waals surface area contributed by atoms with E-state index in [1.807, 2.05) is 49.5 Å². The van der Waals surface area contributed by atoms with Crippen molar-refractivity contribution in [1.82, 2.24) is 9.97 Å². The minimum atomic E-state index is -2.15. The van der Waals surface area contributed by atoms with Crippen molar-refractivity contribution in [2.45, 2.75) is 90.8 Å². The predicted molar refractivity (Wildman–Crippen MR) is 200 cm³/mol. The molecule has 0 fully saturated rings. The highest BCUT2D eigenvalue weighted by molar-refractivity contribution is 9.11. The molecule has 2 heterocycles. The number of carbonyl (C=O) groups is 2. The summed E-state index contributed by atoms with van der Waals surface area (Å²) in [5, 5.41) is 4.92. The van der Waals surface area contributed by atoms with E-state index in [0.717, 1.165) is 5.01 Å². The van der Waals surface area contributed by atoms with Gasteiger partial charge in [-0.05, 0) is 36.1 Å². The summed E-state index contributed by atoms with van der Waals surface area (Å²) in [5.74, 6) is -0.913. The summed E-state index contributed by atoms with van der Waals surface area (Å²) in [4.78, 5) is 35.5. The number of methoxy groups -OCH3 is 2. The summed E-state index contributed by atoms with van der Waals surface area (Å²) in [6, 6.07) is 0. The van der Waals surface area contributed by atoms with Crippen molar-refractivity contribution in [2.24, 2.45) is 5.41 Å². The number of carbonyl (C=O) groups excluding carboxylic acids is 2. The van der Waals surface area contributed by atoms with Crippen LogP contribution in [0.25, 0.3) is 6.08 Å². The number of ether oxygens (including phenoxy) is 3. The average Bonchev–Trinajstić information content (AvgIpc) is 3.68. The molecule has 0 bridgehead atoms. The highest BCUT2D eigenvalue weighted by Crippen LogP contribution is 2.42. The lowest BCUT2D eigenvalue weighted by molar-refractivity contribution is -0.0419. The van der Waals surface area contributed by atoms with Gasteiger partial charge in [0, 0.05) is 36.1 Å². The number of halogens is 1. The third-order valence-electron chi connectivity index (χ3n) is 8.11. The van der Waals surface area contributed by atoms with E-state index in [0.29, 0.717) is 23.5 Å². The minimum Gasteiger partial charge on any atom is -0.464 e. The van der Waals surface area contributed by atoms with E-state index in [1.165, 1.54) is 29.8 Å². The van der Waals surface area contributed by atoms with Crippen molar-refractivity contribution in [2.75, 3.05) is 14.2 Å². The minimum absolute atomic E-state index is 0.0152. The number of rotatable bonds is 17.